The van der Waals surface area contributed by atoms with Crippen LogP contribution in [0.15, 0.2) is 30.9 Å². The molecular weight excluding hydrogens is 292 g/mol. The van der Waals surface area contributed by atoms with Gasteiger partial charge in [-0.3, -0.25) is 14.6 Å². The van der Waals surface area contributed by atoms with Crippen molar-refractivity contribution in [2.75, 3.05) is 27.2 Å². The Kier molecular flexibility index (Phi) is 4.49. The highest BCUT2D eigenvalue weighted by molar-refractivity contribution is 5.73. The SMILES string of the molecule is CN(C)C(C=CC=O)(N1CCCCC1)n1ncc2cncnc21. The van der Waals surface area contributed by atoms with Gasteiger partial charge in [-0.15, -0.1) is 0 Å². The second-order valence-corrected chi connectivity index (χ2v) is 5.98. The molecule has 3 heterocycles. The van der Waals surface area contributed by atoms with Crippen molar-refractivity contribution in [1.29, 1.82) is 0 Å². The molecule has 1 unspecified atom stereocenters. The Labute approximate surface area is 135 Å². The van der Waals surface area contributed by atoms with Crippen molar-refractivity contribution in [3.63, 3.8) is 0 Å². The van der Waals surface area contributed by atoms with Crippen LogP contribution in [-0.4, -0.2) is 63.0 Å². The van der Waals surface area contributed by atoms with E-state index in [2.05, 4.69) is 24.9 Å². The van der Waals surface area contributed by atoms with Gasteiger partial charge in [-0.2, -0.15) is 5.10 Å². The number of carbonyl (C=O) groups is 1. The first kappa shape index (κ1) is 15.8. The maximum Gasteiger partial charge on any atom is 0.193 e. The number of hydrogen-bond acceptors (Lipinski definition) is 6. The smallest absolute Gasteiger partial charge is 0.193 e. The predicted octanol–water partition coefficient (Wildman–Crippen LogP) is 1.24. The molecule has 23 heavy (non-hydrogen) atoms. The lowest BCUT2D eigenvalue weighted by Crippen LogP contribution is -2.60. The minimum absolute atomic E-state index is 0.655. The second kappa shape index (κ2) is 6.55. The van der Waals surface area contributed by atoms with E-state index in [-0.39, 0.29) is 0 Å². The molecule has 2 aromatic heterocycles. The minimum atomic E-state index is -0.655. The zero-order chi connectivity index (χ0) is 16.3. The van der Waals surface area contributed by atoms with Crippen molar-refractivity contribution in [2.24, 2.45) is 0 Å². The molecule has 1 saturated heterocycles. The van der Waals surface area contributed by atoms with Gasteiger partial charge >= 0.3 is 0 Å². The van der Waals surface area contributed by atoms with E-state index >= 15 is 0 Å². The average Bonchev–Trinajstić information content (AvgIpc) is 3.01. The summed E-state index contributed by atoms with van der Waals surface area (Å²) in [4.78, 5) is 23.9. The molecule has 0 spiro atoms. The van der Waals surface area contributed by atoms with Crippen LogP contribution in [0.5, 0.6) is 0 Å². The van der Waals surface area contributed by atoms with E-state index in [1.54, 1.807) is 18.5 Å². The van der Waals surface area contributed by atoms with Crippen molar-refractivity contribution in [1.82, 2.24) is 29.5 Å². The number of hydrogen-bond donors (Lipinski definition) is 0. The van der Waals surface area contributed by atoms with Crippen LogP contribution in [0.25, 0.3) is 11.0 Å². The lowest BCUT2D eigenvalue weighted by molar-refractivity contribution is -0.104. The largest absolute Gasteiger partial charge is 0.299 e. The van der Waals surface area contributed by atoms with E-state index in [0.717, 1.165) is 43.3 Å². The molecule has 0 aromatic carbocycles. The third-order valence-corrected chi connectivity index (χ3v) is 4.42. The fourth-order valence-corrected chi connectivity index (χ4v) is 3.34. The van der Waals surface area contributed by atoms with Crippen molar-refractivity contribution < 1.29 is 4.79 Å². The summed E-state index contributed by atoms with van der Waals surface area (Å²) in [5, 5.41) is 5.47. The van der Waals surface area contributed by atoms with Crippen molar-refractivity contribution in [3.8, 4) is 0 Å². The van der Waals surface area contributed by atoms with Gasteiger partial charge in [0.2, 0.25) is 0 Å². The molecule has 1 aliphatic heterocycles. The molecule has 0 aliphatic carbocycles. The fraction of sp³-hybridized carbons (Fsp3) is 0.500. The number of aromatic nitrogens is 4. The quantitative estimate of drug-likeness (QED) is 0.611. The first-order chi connectivity index (χ1) is 11.2. The standard InChI is InChI=1S/C16H22N6O/c1-20(2)16(7-6-10-23,21-8-4-3-5-9-21)22-15-14(12-19-22)11-17-13-18-15/h6-7,10-13H,3-5,8-9H2,1-2H3. The van der Waals surface area contributed by atoms with Crippen molar-refractivity contribution >= 4 is 17.3 Å². The van der Waals surface area contributed by atoms with E-state index < -0.39 is 5.79 Å². The first-order valence-corrected chi connectivity index (χ1v) is 7.90. The van der Waals surface area contributed by atoms with Crippen LogP contribution in [-0.2, 0) is 10.6 Å². The summed E-state index contributed by atoms with van der Waals surface area (Å²) in [5.74, 6) is -0.655. The molecule has 0 saturated carbocycles. The highest BCUT2D eigenvalue weighted by Crippen LogP contribution is 2.31. The van der Waals surface area contributed by atoms with Gasteiger partial charge in [0.25, 0.3) is 0 Å². The van der Waals surface area contributed by atoms with Crippen LogP contribution in [0, 0.1) is 0 Å². The minimum Gasteiger partial charge on any atom is -0.299 e. The number of aldehydes is 1. The molecule has 7 heteroatoms. The Morgan fingerprint density at radius 2 is 2.00 bits per heavy atom. The zero-order valence-electron chi connectivity index (χ0n) is 13.6. The third-order valence-electron chi connectivity index (χ3n) is 4.42. The number of allylic oxidation sites excluding steroid dienone is 1. The molecular formula is C16H22N6O. The summed E-state index contributed by atoms with van der Waals surface area (Å²) in [6.07, 6.45) is 12.8. The van der Waals surface area contributed by atoms with E-state index in [9.17, 15) is 4.79 Å². The molecule has 0 amide bonds. The summed E-state index contributed by atoms with van der Waals surface area (Å²) in [7, 11) is 4.00. The lowest BCUT2D eigenvalue weighted by Gasteiger charge is -2.47. The van der Waals surface area contributed by atoms with Crippen LogP contribution in [0.4, 0.5) is 0 Å². The van der Waals surface area contributed by atoms with E-state index in [1.807, 2.05) is 24.9 Å². The van der Waals surface area contributed by atoms with E-state index in [1.165, 1.54) is 12.7 Å². The molecule has 1 atom stereocenters. The van der Waals surface area contributed by atoms with Crippen LogP contribution >= 0.6 is 0 Å². The Morgan fingerprint density at radius 1 is 1.22 bits per heavy atom. The number of likely N-dealkylation sites (tertiary alicyclic amines) is 1. The van der Waals surface area contributed by atoms with Crippen molar-refractivity contribution in [3.05, 3.63) is 30.9 Å². The highest BCUT2D eigenvalue weighted by Gasteiger charge is 2.41. The van der Waals surface area contributed by atoms with E-state index in [0.29, 0.717) is 0 Å². The zero-order valence-corrected chi connectivity index (χ0v) is 13.6. The van der Waals surface area contributed by atoms with Crippen LogP contribution in [0.3, 0.4) is 0 Å². The predicted molar refractivity (Wildman–Crippen MR) is 87.6 cm³/mol. The fourth-order valence-electron chi connectivity index (χ4n) is 3.34. The highest BCUT2D eigenvalue weighted by atomic mass is 16.1. The summed E-state index contributed by atoms with van der Waals surface area (Å²) in [6.45, 7) is 1.90. The number of nitrogens with zero attached hydrogens (tertiary/aromatic N) is 6. The second-order valence-electron chi connectivity index (χ2n) is 5.98. The van der Waals surface area contributed by atoms with Crippen LogP contribution < -0.4 is 0 Å². The Balaban J connectivity index is 2.20. The lowest BCUT2D eigenvalue weighted by atomic mass is 10.1. The number of rotatable bonds is 5. The summed E-state index contributed by atoms with van der Waals surface area (Å²) in [6, 6.07) is 0. The van der Waals surface area contributed by atoms with Gasteiger partial charge in [-0.1, -0.05) is 6.42 Å². The number of piperidine rings is 1. The van der Waals surface area contributed by atoms with Gasteiger partial charge < -0.3 is 0 Å². The molecule has 0 N–H and O–H groups in total. The summed E-state index contributed by atoms with van der Waals surface area (Å²) in [5.41, 5.74) is 0.759. The Hall–Kier alpha value is -2.12. The molecule has 1 aliphatic rings. The monoisotopic (exact) mass is 314 g/mol. The van der Waals surface area contributed by atoms with Crippen molar-refractivity contribution in [2.45, 2.75) is 25.0 Å². The number of fused-ring (bicyclic) bond motifs is 1. The number of likely N-dealkylation sites (N-methyl/N-ethyl adjacent to an activating group) is 1. The van der Waals surface area contributed by atoms with Gasteiger partial charge in [-0.25, -0.2) is 14.6 Å². The van der Waals surface area contributed by atoms with Gasteiger partial charge in [0.05, 0.1) is 11.6 Å². The first-order valence-electron chi connectivity index (χ1n) is 7.90. The molecule has 0 bridgehead atoms. The normalized spacial score (nSPS) is 19.4. The molecule has 0 radical (unpaired) electrons. The molecule has 7 nitrogen and oxygen atoms in total. The summed E-state index contributed by atoms with van der Waals surface area (Å²) >= 11 is 0. The van der Waals surface area contributed by atoms with Gasteiger partial charge in [-0.05, 0) is 39.1 Å². The van der Waals surface area contributed by atoms with Gasteiger partial charge in [0.1, 0.15) is 12.6 Å². The van der Waals surface area contributed by atoms with Gasteiger partial charge in [0, 0.05) is 19.3 Å². The Morgan fingerprint density at radius 3 is 2.70 bits per heavy atom. The molecule has 2 aromatic rings. The third kappa shape index (κ3) is 2.66. The molecule has 122 valence electrons. The average molecular weight is 314 g/mol. The maximum absolute atomic E-state index is 11.0. The van der Waals surface area contributed by atoms with Gasteiger partial charge in [0.15, 0.2) is 11.4 Å². The molecule has 3 rings (SSSR count). The van der Waals surface area contributed by atoms with Crippen LogP contribution in [0.1, 0.15) is 19.3 Å². The summed E-state index contributed by atoms with van der Waals surface area (Å²) < 4.78 is 1.88. The van der Waals surface area contributed by atoms with Crippen LogP contribution in [0.2, 0.25) is 0 Å². The number of carbonyl (C=O) groups excluding carboxylic acids is 1. The maximum atomic E-state index is 11.0. The van der Waals surface area contributed by atoms with E-state index in [4.69, 9.17) is 0 Å². The molecule has 1 fully saturated rings. The Bertz CT molecular complexity index is 703. The topological polar surface area (TPSA) is 67.2 Å².